The van der Waals surface area contributed by atoms with Crippen molar-refractivity contribution >= 4 is 17.9 Å². The Morgan fingerprint density at radius 3 is 1.41 bits per heavy atom. The minimum atomic E-state index is -3.28. The molecule has 0 aliphatic heterocycles. The third-order valence-electron chi connectivity index (χ3n) is 2.66. The van der Waals surface area contributed by atoms with Gasteiger partial charge in [-0.25, -0.2) is 0 Å². The molecule has 0 aliphatic carbocycles. The second-order valence-corrected chi connectivity index (χ2v) is 9.47. The average Bonchev–Trinajstić information content (AvgIpc) is 2.46. The zero-order valence-corrected chi connectivity index (χ0v) is 16.7. The Balaban J connectivity index is 5.35. The highest BCUT2D eigenvalue weighted by molar-refractivity contribution is 6.72. The molecule has 7 nitrogen and oxygen atoms in total. The number of hydrogen-bond acceptors (Lipinski definition) is 7. The molecule has 0 unspecified atom stereocenters. The van der Waals surface area contributed by atoms with Crippen LogP contribution >= 0.6 is 0 Å². The van der Waals surface area contributed by atoms with Crippen LogP contribution in [0.3, 0.4) is 0 Å². The predicted octanol–water partition coefficient (Wildman–Crippen LogP) is 1.91. The Morgan fingerprint density at radius 1 is 0.682 bits per heavy atom. The fraction of sp³-hybridized carbons (Fsp3) is 1.00. The van der Waals surface area contributed by atoms with Gasteiger partial charge in [-0.2, -0.15) is 0 Å². The minimum Gasteiger partial charge on any atom is -0.374 e. The molecule has 0 radical (unpaired) electrons. The van der Waals surface area contributed by atoms with Crippen LogP contribution in [0.1, 0.15) is 41.0 Å². The molecule has 0 rings (SSSR count). The highest BCUT2D eigenvalue weighted by Gasteiger charge is 2.56. The first-order chi connectivity index (χ1) is 10.6. The summed E-state index contributed by atoms with van der Waals surface area (Å²) in [5.41, 5.74) is 5.64. The van der Waals surface area contributed by atoms with E-state index in [0.717, 1.165) is 6.42 Å². The summed E-state index contributed by atoms with van der Waals surface area (Å²) in [7, 11) is -6.24. The number of rotatable bonds is 15. The van der Waals surface area contributed by atoms with Gasteiger partial charge in [0.15, 0.2) is 0 Å². The lowest BCUT2D eigenvalue weighted by molar-refractivity contribution is -0.0224. The van der Waals surface area contributed by atoms with Gasteiger partial charge in [0.1, 0.15) is 0 Å². The maximum atomic E-state index is 6.24. The fourth-order valence-corrected chi connectivity index (χ4v) is 8.30. The molecule has 9 heteroatoms. The highest BCUT2D eigenvalue weighted by Crippen LogP contribution is 2.25. The van der Waals surface area contributed by atoms with Crippen LogP contribution in [-0.4, -0.2) is 57.4 Å². The smallest absolute Gasteiger partial charge is 0.374 e. The van der Waals surface area contributed by atoms with Crippen molar-refractivity contribution in [1.29, 1.82) is 0 Å². The topological polar surface area (TPSA) is 81.4 Å². The zero-order valence-electron chi connectivity index (χ0n) is 14.7. The van der Waals surface area contributed by atoms with E-state index in [1.54, 1.807) is 0 Å². The normalized spacial score (nSPS) is 12.8. The minimum absolute atomic E-state index is 0.436. The second-order valence-electron chi connectivity index (χ2n) is 4.34. The third-order valence-corrected chi connectivity index (χ3v) is 9.25. The van der Waals surface area contributed by atoms with Gasteiger partial charge in [-0.05, 0) is 47.6 Å². The summed E-state index contributed by atoms with van der Waals surface area (Å²) in [4.78, 5) is 0. The van der Waals surface area contributed by atoms with Gasteiger partial charge in [-0.3, -0.25) is 0 Å². The summed E-state index contributed by atoms with van der Waals surface area (Å²) >= 11 is 0. The van der Waals surface area contributed by atoms with Crippen LogP contribution in [-0.2, 0) is 26.2 Å². The largest absolute Gasteiger partial charge is 0.672 e. The van der Waals surface area contributed by atoms with Gasteiger partial charge >= 0.3 is 17.9 Å². The number of hydrogen-bond donors (Lipinski definition) is 1. The van der Waals surface area contributed by atoms with E-state index in [1.165, 1.54) is 0 Å². The van der Waals surface area contributed by atoms with E-state index >= 15 is 0 Å². The van der Waals surface area contributed by atoms with Crippen molar-refractivity contribution in [3.63, 3.8) is 0 Å². The molecule has 134 valence electrons. The Hall–Kier alpha value is 0.154. The molecule has 0 saturated heterocycles. The van der Waals surface area contributed by atoms with Crippen molar-refractivity contribution in [3.8, 4) is 0 Å². The van der Waals surface area contributed by atoms with Gasteiger partial charge in [-0.15, -0.1) is 0 Å². The van der Waals surface area contributed by atoms with Gasteiger partial charge in [0, 0.05) is 39.1 Å². The summed E-state index contributed by atoms with van der Waals surface area (Å²) in [5.74, 6) is 0. The second kappa shape index (κ2) is 12.6. The lowest BCUT2D eigenvalue weighted by atomic mass is 10.5. The molecule has 22 heavy (non-hydrogen) atoms. The van der Waals surface area contributed by atoms with Gasteiger partial charge in [0.05, 0.1) is 0 Å². The Kier molecular flexibility index (Phi) is 12.6. The van der Waals surface area contributed by atoms with E-state index in [1.807, 2.05) is 34.6 Å². The molecule has 0 fully saturated rings. The van der Waals surface area contributed by atoms with Crippen LogP contribution in [0.15, 0.2) is 0 Å². The number of nitrogens with two attached hydrogens (primary N) is 1. The Labute approximate surface area is 137 Å². The molecule has 2 N–H and O–H groups in total. The van der Waals surface area contributed by atoms with Crippen LogP contribution in [0.25, 0.3) is 0 Å². The first-order valence-corrected chi connectivity index (χ1v) is 11.7. The molecule has 0 aliphatic rings. The van der Waals surface area contributed by atoms with Gasteiger partial charge in [0.25, 0.3) is 0 Å². The van der Waals surface area contributed by atoms with E-state index in [2.05, 4.69) is 0 Å². The first-order valence-electron chi connectivity index (χ1n) is 8.17. The van der Waals surface area contributed by atoms with Crippen LogP contribution in [0.5, 0.6) is 0 Å². The van der Waals surface area contributed by atoms with E-state index in [4.69, 9.17) is 32.0 Å². The van der Waals surface area contributed by atoms with Crippen molar-refractivity contribution in [3.05, 3.63) is 0 Å². The van der Waals surface area contributed by atoms with E-state index in [0.29, 0.717) is 45.6 Å². The summed E-state index contributed by atoms with van der Waals surface area (Å²) in [5, 5.41) is 0. The van der Waals surface area contributed by atoms with Crippen molar-refractivity contribution < 1.29 is 26.2 Å². The van der Waals surface area contributed by atoms with Crippen LogP contribution in [0, 0.1) is 0 Å². The standard InChI is InChI=1S/C13H33NO6Si2/c1-6-15-21(16-7-2,13-11-12-14)20-22(17-8-3,18-9-4)19-10-5/h6-14H2,1-5H3. The SMILES string of the molecule is CCO[Si](CCCN)(OCC)O[Si](OCC)(OCC)OCC. The van der Waals surface area contributed by atoms with Crippen LogP contribution in [0.2, 0.25) is 6.04 Å². The molecule has 0 saturated carbocycles. The van der Waals surface area contributed by atoms with Crippen molar-refractivity contribution in [2.45, 2.75) is 47.1 Å². The Morgan fingerprint density at radius 2 is 1.09 bits per heavy atom. The predicted molar refractivity (Wildman–Crippen MR) is 89.2 cm³/mol. The molecule has 0 bridgehead atoms. The van der Waals surface area contributed by atoms with Gasteiger partial charge in [-0.1, -0.05) is 0 Å². The average molecular weight is 356 g/mol. The molecule has 0 amide bonds. The molecule has 0 aromatic carbocycles. The Bertz CT molecular complexity index is 250. The molecular weight excluding hydrogens is 322 g/mol. The maximum Gasteiger partial charge on any atom is 0.672 e. The quantitative estimate of drug-likeness (QED) is 0.449. The summed E-state index contributed by atoms with van der Waals surface area (Å²) in [6.07, 6.45) is 0.751. The molecule has 0 atom stereocenters. The first kappa shape index (κ1) is 22.2. The third kappa shape index (κ3) is 7.62. The zero-order chi connectivity index (χ0) is 16.9. The van der Waals surface area contributed by atoms with Crippen molar-refractivity contribution in [2.24, 2.45) is 5.73 Å². The monoisotopic (exact) mass is 355 g/mol. The van der Waals surface area contributed by atoms with E-state index < -0.39 is 17.9 Å². The van der Waals surface area contributed by atoms with Gasteiger partial charge < -0.3 is 32.0 Å². The molecular formula is C13H33NO6Si2. The van der Waals surface area contributed by atoms with Crippen molar-refractivity contribution in [1.82, 2.24) is 0 Å². The van der Waals surface area contributed by atoms with E-state index in [-0.39, 0.29) is 0 Å². The van der Waals surface area contributed by atoms with Crippen LogP contribution in [0.4, 0.5) is 0 Å². The van der Waals surface area contributed by atoms with Crippen molar-refractivity contribution in [2.75, 3.05) is 39.6 Å². The summed E-state index contributed by atoms with van der Waals surface area (Å²) in [6.45, 7) is 12.3. The maximum absolute atomic E-state index is 6.24. The lowest BCUT2D eigenvalue weighted by Gasteiger charge is -2.36. The highest BCUT2D eigenvalue weighted by atomic mass is 28.5. The van der Waals surface area contributed by atoms with E-state index in [9.17, 15) is 0 Å². The van der Waals surface area contributed by atoms with Gasteiger partial charge in [0.2, 0.25) is 0 Å². The molecule has 0 spiro atoms. The molecule has 0 aromatic heterocycles. The molecule has 0 heterocycles. The lowest BCUT2D eigenvalue weighted by Crippen LogP contribution is -2.60. The van der Waals surface area contributed by atoms with Crippen LogP contribution < -0.4 is 5.73 Å². The fourth-order valence-electron chi connectivity index (χ4n) is 1.99. The summed E-state index contributed by atoms with van der Waals surface area (Å²) < 4.78 is 35.3. The molecule has 0 aromatic rings. The summed E-state index contributed by atoms with van der Waals surface area (Å²) in [6, 6.07) is 0.618.